The van der Waals surface area contributed by atoms with E-state index >= 15 is 0 Å². The van der Waals surface area contributed by atoms with Crippen molar-refractivity contribution in [3.63, 3.8) is 0 Å². The first kappa shape index (κ1) is 14.3. The van der Waals surface area contributed by atoms with Crippen molar-refractivity contribution < 1.29 is 5.11 Å². The van der Waals surface area contributed by atoms with Crippen LogP contribution in [0.1, 0.15) is 48.1 Å². The van der Waals surface area contributed by atoms with E-state index < -0.39 is 0 Å². The van der Waals surface area contributed by atoms with Gasteiger partial charge in [-0.25, -0.2) is 0 Å². The highest BCUT2D eigenvalue weighted by Crippen LogP contribution is 2.34. The largest absolute Gasteiger partial charge is 0.388 e. The molecule has 0 heterocycles. The van der Waals surface area contributed by atoms with Crippen molar-refractivity contribution in [3.05, 3.63) is 70.8 Å². The first-order valence-corrected chi connectivity index (χ1v) is 8.11. The number of hydrogen-bond acceptors (Lipinski definition) is 1. The van der Waals surface area contributed by atoms with Crippen molar-refractivity contribution in [3.8, 4) is 0 Å². The van der Waals surface area contributed by atoms with Gasteiger partial charge >= 0.3 is 0 Å². The summed E-state index contributed by atoms with van der Waals surface area (Å²) in [6.07, 6.45) is 5.11. The molecule has 1 heteroatoms. The smallest absolute Gasteiger partial charge is 0.0821 e. The van der Waals surface area contributed by atoms with Crippen LogP contribution in [-0.2, 0) is 19.3 Å². The summed E-state index contributed by atoms with van der Waals surface area (Å²) >= 11 is 0. The van der Waals surface area contributed by atoms with Gasteiger partial charge in [-0.2, -0.15) is 0 Å². The van der Waals surface area contributed by atoms with Crippen LogP contribution in [0.15, 0.2) is 48.5 Å². The molecule has 1 nitrogen and oxygen atoms in total. The van der Waals surface area contributed by atoms with Crippen LogP contribution in [0, 0.1) is 5.92 Å². The molecule has 0 radical (unpaired) electrons. The SMILES string of the molecule is CCCc1ccc(C(O)C2CCc3ccccc3C2)cc1. The summed E-state index contributed by atoms with van der Waals surface area (Å²) in [4.78, 5) is 0. The number of benzene rings is 2. The molecule has 0 aromatic heterocycles. The Labute approximate surface area is 127 Å². The molecule has 1 aliphatic rings. The topological polar surface area (TPSA) is 20.2 Å². The Hall–Kier alpha value is -1.60. The molecule has 0 amide bonds. The predicted octanol–water partition coefficient (Wildman–Crippen LogP) is 4.48. The van der Waals surface area contributed by atoms with E-state index in [2.05, 4.69) is 55.5 Å². The van der Waals surface area contributed by atoms with E-state index in [4.69, 9.17) is 0 Å². The summed E-state index contributed by atoms with van der Waals surface area (Å²) in [5.74, 6) is 0.344. The second-order valence-corrected chi connectivity index (χ2v) is 6.21. The van der Waals surface area contributed by atoms with E-state index in [1.54, 1.807) is 0 Å². The summed E-state index contributed by atoms with van der Waals surface area (Å²) in [5.41, 5.74) is 5.30. The van der Waals surface area contributed by atoms with Crippen LogP contribution in [0.3, 0.4) is 0 Å². The lowest BCUT2D eigenvalue weighted by atomic mass is 9.79. The fraction of sp³-hybridized carbons (Fsp3) is 0.400. The fourth-order valence-corrected chi connectivity index (χ4v) is 3.44. The number of aliphatic hydroxyl groups is 1. The van der Waals surface area contributed by atoms with Crippen LogP contribution in [0.2, 0.25) is 0 Å². The van der Waals surface area contributed by atoms with Crippen LogP contribution in [0.5, 0.6) is 0 Å². The summed E-state index contributed by atoms with van der Waals surface area (Å²) < 4.78 is 0. The van der Waals surface area contributed by atoms with Crippen LogP contribution in [0.25, 0.3) is 0 Å². The van der Waals surface area contributed by atoms with Gasteiger partial charge in [0.1, 0.15) is 0 Å². The van der Waals surface area contributed by atoms with Crippen molar-refractivity contribution in [2.75, 3.05) is 0 Å². The van der Waals surface area contributed by atoms with E-state index in [0.29, 0.717) is 5.92 Å². The number of hydrogen-bond donors (Lipinski definition) is 1. The van der Waals surface area contributed by atoms with Gasteiger partial charge in [0, 0.05) is 0 Å². The van der Waals surface area contributed by atoms with E-state index in [0.717, 1.165) is 31.2 Å². The second kappa shape index (κ2) is 6.44. The van der Waals surface area contributed by atoms with Crippen molar-refractivity contribution in [1.29, 1.82) is 0 Å². The van der Waals surface area contributed by atoms with Gasteiger partial charge in [0.2, 0.25) is 0 Å². The number of aliphatic hydroxyl groups excluding tert-OH is 1. The predicted molar refractivity (Wildman–Crippen MR) is 87.4 cm³/mol. The zero-order chi connectivity index (χ0) is 14.7. The summed E-state index contributed by atoms with van der Waals surface area (Å²) in [7, 11) is 0. The highest BCUT2D eigenvalue weighted by atomic mass is 16.3. The molecule has 2 unspecified atom stereocenters. The third kappa shape index (κ3) is 3.19. The molecular formula is C20H24O. The van der Waals surface area contributed by atoms with Gasteiger partial charge < -0.3 is 5.11 Å². The first-order chi connectivity index (χ1) is 10.3. The average Bonchev–Trinajstić information content (AvgIpc) is 2.55. The Balaban J connectivity index is 1.72. The third-order valence-electron chi connectivity index (χ3n) is 4.69. The van der Waals surface area contributed by atoms with E-state index in [-0.39, 0.29) is 6.10 Å². The highest BCUT2D eigenvalue weighted by molar-refractivity contribution is 5.31. The third-order valence-corrected chi connectivity index (χ3v) is 4.69. The molecule has 0 aliphatic heterocycles. The number of rotatable bonds is 4. The maximum absolute atomic E-state index is 10.7. The monoisotopic (exact) mass is 280 g/mol. The van der Waals surface area contributed by atoms with Crippen LogP contribution >= 0.6 is 0 Å². The molecule has 0 saturated heterocycles. The van der Waals surface area contributed by atoms with Crippen molar-refractivity contribution in [1.82, 2.24) is 0 Å². The Morgan fingerprint density at radius 1 is 1.05 bits per heavy atom. The lowest BCUT2D eigenvalue weighted by Crippen LogP contribution is -2.21. The highest BCUT2D eigenvalue weighted by Gasteiger charge is 2.25. The summed E-state index contributed by atoms with van der Waals surface area (Å²) in [6.45, 7) is 2.20. The minimum absolute atomic E-state index is 0.339. The molecule has 2 aromatic carbocycles. The normalized spacial score (nSPS) is 19.0. The molecule has 2 aromatic rings. The lowest BCUT2D eigenvalue weighted by Gasteiger charge is -2.28. The molecule has 0 spiro atoms. The molecule has 110 valence electrons. The minimum Gasteiger partial charge on any atom is -0.388 e. The number of fused-ring (bicyclic) bond motifs is 1. The van der Waals surface area contributed by atoms with Crippen molar-refractivity contribution in [2.45, 2.75) is 45.1 Å². The molecule has 1 N–H and O–H groups in total. The Morgan fingerprint density at radius 3 is 2.48 bits per heavy atom. The van der Waals surface area contributed by atoms with E-state index in [9.17, 15) is 5.11 Å². The standard InChI is InChI=1S/C20H24O/c1-2-5-15-8-10-17(11-9-15)20(21)19-13-12-16-6-3-4-7-18(16)14-19/h3-4,6-11,19-21H,2,5,12-14H2,1H3. The zero-order valence-corrected chi connectivity index (χ0v) is 12.8. The van der Waals surface area contributed by atoms with Crippen LogP contribution < -0.4 is 0 Å². The molecule has 3 rings (SSSR count). The maximum atomic E-state index is 10.7. The van der Waals surface area contributed by atoms with Crippen molar-refractivity contribution >= 4 is 0 Å². The Kier molecular flexibility index (Phi) is 4.40. The van der Waals surface area contributed by atoms with E-state index in [1.165, 1.54) is 23.1 Å². The molecule has 1 aliphatic carbocycles. The van der Waals surface area contributed by atoms with Crippen LogP contribution in [0.4, 0.5) is 0 Å². The van der Waals surface area contributed by atoms with Gasteiger partial charge in [-0.1, -0.05) is 61.9 Å². The second-order valence-electron chi connectivity index (χ2n) is 6.21. The van der Waals surface area contributed by atoms with Gasteiger partial charge in [-0.15, -0.1) is 0 Å². The molecular weight excluding hydrogens is 256 g/mol. The quantitative estimate of drug-likeness (QED) is 0.875. The van der Waals surface area contributed by atoms with Crippen molar-refractivity contribution in [2.24, 2.45) is 5.92 Å². The van der Waals surface area contributed by atoms with Gasteiger partial charge in [0.05, 0.1) is 6.10 Å². The molecule has 2 atom stereocenters. The van der Waals surface area contributed by atoms with Gasteiger partial charge in [0.15, 0.2) is 0 Å². The average molecular weight is 280 g/mol. The van der Waals surface area contributed by atoms with Crippen LogP contribution in [-0.4, -0.2) is 5.11 Å². The maximum Gasteiger partial charge on any atom is 0.0821 e. The summed E-state index contributed by atoms with van der Waals surface area (Å²) in [6, 6.07) is 17.2. The zero-order valence-electron chi connectivity index (χ0n) is 12.8. The molecule has 0 saturated carbocycles. The van der Waals surface area contributed by atoms with Gasteiger partial charge in [-0.05, 0) is 53.9 Å². The molecule has 0 fully saturated rings. The Bertz CT molecular complexity index is 585. The minimum atomic E-state index is -0.339. The molecule has 0 bridgehead atoms. The van der Waals surface area contributed by atoms with E-state index in [1.807, 2.05) is 0 Å². The fourth-order valence-electron chi connectivity index (χ4n) is 3.44. The summed E-state index contributed by atoms with van der Waals surface area (Å²) in [5, 5.41) is 10.7. The first-order valence-electron chi connectivity index (χ1n) is 8.11. The molecule has 21 heavy (non-hydrogen) atoms. The number of aryl methyl sites for hydroxylation is 2. The Morgan fingerprint density at radius 2 is 1.76 bits per heavy atom. The van der Waals surface area contributed by atoms with Gasteiger partial charge in [0.25, 0.3) is 0 Å². The lowest BCUT2D eigenvalue weighted by molar-refractivity contribution is 0.0995. The van der Waals surface area contributed by atoms with Gasteiger partial charge in [-0.3, -0.25) is 0 Å².